The molecule has 1 aromatic rings. The van der Waals surface area contributed by atoms with Gasteiger partial charge in [-0.1, -0.05) is 13.8 Å². The lowest BCUT2D eigenvalue weighted by Gasteiger charge is -2.43. The second-order valence-corrected chi connectivity index (χ2v) is 11.3. The van der Waals surface area contributed by atoms with Crippen LogP contribution in [0.3, 0.4) is 0 Å². The summed E-state index contributed by atoms with van der Waals surface area (Å²) < 4.78 is 5.32. The summed E-state index contributed by atoms with van der Waals surface area (Å²) >= 11 is 0. The highest BCUT2D eigenvalue weighted by Crippen LogP contribution is 2.70. The minimum absolute atomic E-state index is 0.00432. The predicted octanol–water partition coefficient (Wildman–Crippen LogP) is 4.34. The van der Waals surface area contributed by atoms with Crippen molar-refractivity contribution in [2.45, 2.75) is 68.6 Å². The van der Waals surface area contributed by atoms with Gasteiger partial charge in [0.2, 0.25) is 0 Å². The van der Waals surface area contributed by atoms with E-state index in [1.54, 1.807) is 6.26 Å². The topological polar surface area (TPSA) is 30.2 Å². The Morgan fingerprint density at radius 3 is 2.83 bits per heavy atom. The zero-order chi connectivity index (χ0) is 15.8. The number of carbonyl (C=O) groups is 1. The Hall–Kier alpha value is -0.700. The van der Waals surface area contributed by atoms with Gasteiger partial charge in [0.05, 0.1) is 17.9 Å². The number of hydrogen-bond donors (Lipinski definition) is 0. The zero-order valence-electron chi connectivity index (χ0n) is 14.2. The highest BCUT2D eigenvalue weighted by Gasteiger charge is 2.75. The van der Waals surface area contributed by atoms with Gasteiger partial charge >= 0.3 is 0 Å². The van der Waals surface area contributed by atoms with E-state index in [0.717, 1.165) is 23.3 Å². The third kappa shape index (κ3) is 1.70. The Kier molecular flexibility index (Phi) is 2.98. The molecule has 3 unspecified atom stereocenters. The summed E-state index contributed by atoms with van der Waals surface area (Å²) in [5.74, 6) is 3.24. The van der Waals surface area contributed by atoms with E-state index >= 15 is 0 Å². The van der Waals surface area contributed by atoms with Crippen molar-refractivity contribution in [3.63, 3.8) is 0 Å². The predicted molar refractivity (Wildman–Crippen MR) is 93.3 cm³/mol. The molecule has 3 heteroatoms. The molecule has 4 bridgehead atoms. The molecule has 5 rings (SSSR count). The molecule has 1 aromatic heterocycles. The Morgan fingerprint density at radius 1 is 1.30 bits per heavy atom. The van der Waals surface area contributed by atoms with Crippen molar-refractivity contribution in [3.05, 3.63) is 24.2 Å². The molecule has 4 aliphatic rings. The summed E-state index contributed by atoms with van der Waals surface area (Å²) in [5, 5.41) is 1.53. The summed E-state index contributed by atoms with van der Waals surface area (Å²) in [5.41, 5.74) is 1.57. The number of furan rings is 1. The molecule has 2 heterocycles. The molecule has 1 saturated heterocycles. The first-order chi connectivity index (χ1) is 11.0. The standard InChI is InChI=1S/C20H27O2S/c1-19(2)15-5-7-20(19,17(21)10-15)18-14-3-4-16(9-14)23(18)12-13-6-8-22-11-13/h6,8,11,14-16,18H,3-5,7,9-10,12H2,1-2H3/q+1/t14-,15?,16+,18+,20?,23?/m0/s1. The third-order valence-electron chi connectivity index (χ3n) is 7.99. The van der Waals surface area contributed by atoms with Crippen LogP contribution in [-0.2, 0) is 21.4 Å². The monoisotopic (exact) mass is 331 g/mol. The molecule has 4 fully saturated rings. The SMILES string of the molecule is CC1(C)C2CCC1([C@H]1[C@H]3CC[C@H](C3)[S+]1Cc1ccoc1)C(=O)C2. The molecule has 0 amide bonds. The van der Waals surface area contributed by atoms with Crippen molar-refractivity contribution in [3.8, 4) is 0 Å². The number of carbonyl (C=O) groups excluding carboxylic acids is 1. The van der Waals surface area contributed by atoms with E-state index in [2.05, 4.69) is 19.9 Å². The molecule has 1 aliphatic heterocycles. The normalized spacial score (nSPS) is 46.9. The van der Waals surface area contributed by atoms with E-state index in [1.807, 2.05) is 6.26 Å². The smallest absolute Gasteiger partial charge is 0.144 e. The molecular formula is C20H27O2S+. The summed E-state index contributed by atoms with van der Waals surface area (Å²) in [7, 11) is 0.367. The number of fused-ring (bicyclic) bond motifs is 4. The highest BCUT2D eigenvalue weighted by molar-refractivity contribution is 7.97. The first kappa shape index (κ1) is 14.6. The molecule has 2 nitrogen and oxygen atoms in total. The fraction of sp³-hybridized carbons (Fsp3) is 0.750. The molecule has 3 aliphatic carbocycles. The Bertz CT molecular complexity index is 634. The molecule has 0 radical (unpaired) electrons. The first-order valence-electron chi connectivity index (χ1n) is 9.27. The second-order valence-electron chi connectivity index (χ2n) is 8.92. The van der Waals surface area contributed by atoms with E-state index in [-0.39, 0.29) is 10.8 Å². The summed E-state index contributed by atoms with van der Waals surface area (Å²) in [6.45, 7) is 4.84. The summed E-state index contributed by atoms with van der Waals surface area (Å²) in [4.78, 5) is 13.2. The number of hydrogen-bond acceptors (Lipinski definition) is 2. The van der Waals surface area contributed by atoms with Gasteiger partial charge < -0.3 is 4.42 Å². The van der Waals surface area contributed by atoms with Crippen molar-refractivity contribution < 1.29 is 9.21 Å². The van der Waals surface area contributed by atoms with Crippen molar-refractivity contribution in [1.82, 2.24) is 0 Å². The average Bonchev–Trinajstić information content (AvgIpc) is 3.28. The van der Waals surface area contributed by atoms with Crippen molar-refractivity contribution in [1.29, 1.82) is 0 Å². The van der Waals surface area contributed by atoms with Gasteiger partial charge in [-0.2, -0.15) is 0 Å². The fourth-order valence-corrected chi connectivity index (χ4v) is 10.9. The van der Waals surface area contributed by atoms with E-state index in [9.17, 15) is 4.79 Å². The molecule has 124 valence electrons. The van der Waals surface area contributed by atoms with Gasteiger partial charge in [0, 0.05) is 24.3 Å². The van der Waals surface area contributed by atoms with Crippen molar-refractivity contribution in [2.75, 3.05) is 0 Å². The lowest BCUT2D eigenvalue weighted by molar-refractivity contribution is -0.130. The number of rotatable bonds is 3. The van der Waals surface area contributed by atoms with Crippen molar-refractivity contribution in [2.24, 2.45) is 22.7 Å². The highest BCUT2D eigenvalue weighted by atomic mass is 32.2. The third-order valence-corrected chi connectivity index (χ3v) is 11.4. The van der Waals surface area contributed by atoms with Gasteiger partial charge in [-0.05, 0) is 54.0 Å². The Morgan fingerprint density at radius 2 is 2.17 bits per heavy atom. The van der Waals surface area contributed by atoms with Crippen LogP contribution >= 0.6 is 0 Å². The largest absolute Gasteiger partial charge is 0.472 e. The van der Waals surface area contributed by atoms with E-state index in [0.29, 0.717) is 27.8 Å². The van der Waals surface area contributed by atoms with Crippen LogP contribution in [0.15, 0.2) is 23.0 Å². The van der Waals surface area contributed by atoms with E-state index < -0.39 is 0 Å². The lowest BCUT2D eigenvalue weighted by atomic mass is 9.64. The van der Waals surface area contributed by atoms with Crippen molar-refractivity contribution >= 4 is 16.7 Å². The maximum Gasteiger partial charge on any atom is 0.144 e. The molecule has 23 heavy (non-hydrogen) atoms. The molecule has 6 atom stereocenters. The maximum absolute atomic E-state index is 13.2. The lowest BCUT2D eigenvalue weighted by Crippen LogP contribution is -2.53. The molecule has 3 saturated carbocycles. The number of Topliss-reactive ketones (excluding diaryl/α,β-unsaturated/α-hetero) is 1. The summed E-state index contributed by atoms with van der Waals surface area (Å²) in [6.07, 6.45) is 11.2. The molecular weight excluding hydrogens is 304 g/mol. The summed E-state index contributed by atoms with van der Waals surface area (Å²) in [6, 6.07) is 2.13. The van der Waals surface area contributed by atoms with Gasteiger partial charge in [-0.3, -0.25) is 4.79 Å². The van der Waals surface area contributed by atoms with Gasteiger partial charge in [0.25, 0.3) is 0 Å². The van der Waals surface area contributed by atoms with Crippen LogP contribution in [0.5, 0.6) is 0 Å². The van der Waals surface area contributed by atoms with Gasteiger partial charge in [-0.25, -0.2) is 0 Å². The Balaban J connectivity index is 1.56. The Labute approximate surface area is 141 Å². The second kappa shape index (κ2) is 4.68. The van der Waals surface area contributed by atoms with Crippen LogP contribution in [0.25, 0.3) is 0 Å². The van der Waals surface area contributed by atoms with Gasteiger partial charge in [0.1, 0.15) is 22.0 Å². The molecule has 0 aromatic carbocycles. The minimum Gasteiger partial charge on any atom is -0.472 e. The zero-order valence-corrected chi connectivity index (χ0v) is 15.0. The van der Waals surface area contributed by atoms with Gasteiger partial charge in [-0.15, -0.1) is 0 Å². The van der Waals surface area contributed by atoms with Crippen LogP contribution < -0.4 is 0 Å². The molecule has 0 spiro atoms. The van der Waals surface area contributed by atoms with Crippen LogP contribution in [0.2, 0.25) is 0 Å². The number of ketones is 1. The first-order valence-corrected chi connectivity index (χ1v) is 10.8. The maximum atomic E-state index is 13.2. The van der Waals surface area contributed by atoms with Crippen LogP contribution in [0.1, 0.15) is 57.9 Å². The van der Waals surface area contributed by atoms with Crippen LogP contribution in [0, 0.1) is 22.7 Å². The average molecular weight is 332 g/mol. The minimum atomic E-state index is 0.00432. The van der Waals surface area contributed by atoms with Crippen LogP contribution in [-0.4, -0.2) is 16.3 Å². The van der Waals surface area contributed by atoms with E-state index in [1.165, 1.54) is 37.7 Å². The molecule has 0 N–H and O–H groups in total. The fourth-order valence-electron chi connectivity index (χ4n) is 6.79. The van der Waals surface area contributed by atoms with Crippen LogP contribution in [0.4, 0.5) is 0 Å². The van der Waals surface area contributed by atoms with E-state index in [4.69, 9.17) is 4.42 Å². The van der Waals surface area contributed by atoms with Gasteiger partial charge in [0.15, 0.2) is 0 Å². The quantitative estimate of drug-likeness (QED) is 0.771.